The molecule has 172 valence electrons. The summed E-state index contributed by atoms with van der Waals surface area (Å²) >= 11 is 0. The Hall–Kier alpha value is -0.530. The second-order valence-electron chi connectivity index (χ2n) is 13.2. The van der Waals surface area contributed by atoms with Gasteiger partial charge in [-0.05, 0) is 125 Å². The van der Waals surface area contributed by atoms with Gasteiger partial charge in [0.2, 0.25) is 0 Å². The molecule has 0 amide bonds. The lowest BCUT2D eigenvalue weighted by Gasteiger charge is -2.61. The van der Waals surface area contributed by atoms with Gasteiger partial charge in [-0.1, -0.05) is 33.6 Å². The maximum atomic E-state index is 12.3. The van der Waals surface area contributed by atoms with Crippen molar-refractivity contribution >= 4 is 5.97 Å². The van der Waals surface area contributed by atoms with Crippen LogP contribution < -0.4 is 0 Å². The van der Waals surface area contributed by atoms with E-state index in [4.69, 9.17) is 4.74 Å². The number of fused-ring (bicyclic) bond motifs is 5. The van der Waals surface area contributed by atoms with Crippen LogP contribution in [0.5, 0.6) is 0 Å². The first-order valence-corrected chi connectivity index (χ1v) is 13.3. The Labute approximate surface area is 186 Å². The Kier molecular flexibility index (Phi) is 6.12. The van der Waals surface area contributed by atoms with Crippen LogP contribution in [0.25, 0.3) is 0 Å². The summed E-state index contributed by atoms with van der Waals surface area (Å²) in [7, 11) is 0. The smallest absolute Gasteiger partial charge is 0.306 e. The van der Waals surface area contributed by atoms with Crippen LogP contribution in [-0.2, 0) is 9.53 Å². The van der Waals surface area contributed by atoms with Gasteiger partial charge in [0.05, 0.1) is 0 Å². The van der Waals surface area contributed by atoms with Crippen molar-refractivity contribution in [2.75, 3.05) is 0 Å². The number of carbonyl (C=O) groups excluding carboxylic acids is 1. The number of ether oxygens (including phenoxy) is 1. The lowest BCUT2D eigenvalue weighted by Crippen LogP contribution is -2.53. The van der Waals surface area contributed by atoms with Crippen LogP contribution in [0.3, 0.4) is 0 Å². The van der Waals surface area contributed by atoms with Crippen LogP contribution >= 0.6 is 0 Å². The summed E-state index contributed by atoms with van der Waals surface area (Å²) < 4.78 is 5.58. The Morgan fingerprint density at radius 2 is 1.67 bits per heavy atom. The Balaban J connectivity index is 1.42. The zero-order valence-corrected chi connectivity index (χ0v) is 20.8. The molecule has 3 unspecified atom stereocenters. The summed E-state index contributed by atoms with van der Waals surface area (Å²) in [6.45, 7) is 13.7. The van der Waals surface area contributed by atoms with E-state index in [1.165, 1.54) is 64.2 Å². The van der Waals surface area contributed by atoms with Crippen molar-refractivity contribution in [3.63, 3.8) is 0 Å². The first kappa shape index (κ1) is 22.7. The normalized spacial score (nSPS) is 44.5. The molecule has 0 N–H and O–H groups in total. The topological polar surface area (TPSA) is 26.3 Å². The van der Waals surface area contributed by atoms with E-state index in [2.05, 4.69) is 20.8 Å². The van der Waals surface area contributed by atoms with E-state index in [1.807, 2.05) is 20.8 Å². The second kappa shape index (κ2) is 8.11. The van der Waals surface area contributed by atoms with Crippen molar-refractivity contribution in [3.05, 3.63) is 0 Å². The predicted octanol–water partition coefficient (Wildman–Crippen LogP) is 7.79. The largest absolute Gasteiger partial charge is 0.460 e. The lowest BCUT2D eigenvalue weighted by atomic mass is 9.44. The van der Waals surface area contributed by atoms with Gasteiger partial charge >= 0.3 is 5.97 Å². The van der Waals surface area contributed by atoms with Gasteiger partial charge < -0.3 is 4.74 Å². The average Bonchev–Trinajstić information content (AvgIpc) is 3.01. The molecule has 0 aromatic carbocycles. The number of esters is 1. The SMILES string of the molecule is C[C@H](CCC(=O)OC(C)(C)C)C1CC[C@H]2C3CC[C@@H]4CCCCC4(C)[C@H]3CC[C@]12C. The van der Waals surface area contributed by atoms with E-state index >= 15 is 0 Å². The minimum atomic E-state index is -0.364. The van der Waals surface area contributed by atoms with Gasteiger partial charge in [0.15, 0.2) is 0 Å². The Morgan fingerprint density at radius 1 is 0.933 bits per heavy atom. The zero-order valence-electron chi connectivity index (χ0n) is 20.8. The molecule has 0 bridgehead atoms. The second-order valence-corrected chi connectivity index (χ2v) is 13.2. The van der Waals surface area contributed by atoms with Crippen LogP contribution in [0.2, 0.25) is 0 Å². The average molecular weight is 417 g/mol. The molecule has 4 fully saturated rings. The number of rotatable bonds is 4. The quantitative estimate of drug-likeness (QED) is 0.437. The molecule has 0 aromatic heterocycles. The molecule has 2 heteroatoms. The number of hydrogen-bond acceptors (Lipinski definition) is 2. The highest BCUT2D eigenvalue weighted by atomic mass is 16.6. The van der Waals surface area contributed by atoms with Gasteiger partial charge in [-0.2, -0.15) is 0 Å². The predicted molar refractivity (Wildman–Crippen MR) is 124 cm³/mol. The fourth-order valence-electron chi connectivity index (χ4n) is 9.21. The standard InChI is InChI=1S/C28H48O2/c1-19(10-15-25(29)30-26(2,3)4)22-13-14-23-21-12-11-20-9-7-8-17-27(20,5)24(21)16-18-28(22,23)6/h19-24H,7-18H2,1-6H3/t19-,20+,21?,22?,23+,24+,27?,28-/m1/s1. The molecule has 0 radical (unpaired) electrons. The highest BCUT2D eigenvalue weighted by molar-refractivity contribution is 5.69. The third kappa shape index (κ3) is 3.99. The summed E-state index contributed by atoms with van der Waals surface area (Å²) in [5, 5.41) is 0. The zero-order chi connectivity index (χ0) is 21.7. The van der Waals surface area contributed by atoms with Gasteiger partial charge in [-0.3, -0.25) is 4.79 Å². The highest BCUT2D eigenvalue weighted by Crippen LogP contribution is 2.68. The van der Waals surface area contributed by atoms with Gasteiger partial charge in [0, 0.05) is 6.42 Å². The van der Waals surface area contributed by atoms with Gasteiger partial charge in [0.1, 0.15) is 5.60 Å². The van der Waals surface area contributed by atoms with E-state index < -0.39 is 0 Å². The summed E-state index contributed by atoms with van der Waals surface area (Å²) in [6.07, 6.45) is 16.3. The van der Waals surface area contributed by atoms with Crippen molar-refractivity contribution in [1.29, 1.82) is 0 Å². The molecular weight excluding hydrogens is 368 g/mol. The molecule has 0 aromatic rings. The van der Waals surface area contributed by atoms with E-state index in [9.17, 15) is 4.79 Å². The van der Waals surface area contributed by atoms with E-state index in [0.717, 1.165) is 36.0 Å². The van der Waals surface area contributed by atoms with Crippen molar-refractivity contribution in [2.45, 2.75) is 124 Å². The summed E-state index contributed by atoms with van der Waals surface area (Å²) in [5.41, 5.74) is 0.784. The maximum Gasteiger partial charge on any atom is 0.306 e. The van der Waals surface area contributed by atoms with Crippen LogP contribution in [0.15, 0.2) is 0 Å². The molecule has 0 aliphatic heterocycles. The minimum Gasteiger partial charge on any atom is -0.460 e. The first-order valence-electron chi connectivity index (χ1n) is 13.3. The van der Waals surface area contributed by atoms with Crippen molar-refractivity contribution < 1.29 is 9.53 Å². The van der Waals surface area contributed by atoms with E-state index in [1.54, 1.807) is 0 Å². The molecule has 0 spiro atoms. The molecule has 0 heterocycles. The first-order chi connectivity index (χ1) is 14.0. The summed E-state index contributed by atoms with van der Waals surface area (Å²) in [6, 6.07) is 0. The Bertz CT molecular complexity index is 633. The molecule has 4 aliphatic rings. The molecule has 30 heavy (non-hydrogen) atoms. The van der Waals surface area contributed by atoms with Crippen LogP contribution in [-0.4, -0.2) is 11.6 Å². The molecule has 2 nitrogen and oxygen atoms in total. The number of hydrogen-bond donors (Lipinski definition) is 0. The fourth-order valence-corrected chi connectivity index (χ4v) is 9.21. The van der Waals surface area contributed by atoms with Crippen LogP contribution in [0.1, 0.15) is 119 Å². The third-order valence-electron chi connectivity index (χ3n) is 10.6. The third-order valence-corrected chi connectivity index (χ3v) is 10.6. The van der Waals surface area contributed by atoms with Crippen molar-refractivity contribution in [1.82, 2.24) is 0 Å². The number of carbonyl (C=O) groups is 1. The molecule has 4 rings (SSSR count). The van der Waals surface area contributed by atoms with Crippen LogP contribution in [0, 0.1) is 46.3 Å². The molecule has 4 aliphatic carbocycles. The molecule has 0 saturated heterocycles. The minimum absolute atomic E-state index is 0.0127. The van der Waals surface area contributed by atoms with Crippen molar-refractivity contribution in [3.8, 4) is 0 Å². The monoisotopic (exact) mass is 416 g/mol. The van der Waals surface area contributed by atoms with E-state index in [0.29, 0.717) is 23.2 Å². The van der Waals surface area contributed by atoms with Gasteiger partial charge in [-0.15, -0.1) is 0 Å². The fraction of sp³-hybridized carbons (Fsp3) is 0.964. The molecule has 4 saturated carbocycles. The highest BCUT2D eigenvalue weighted by Gasteiger charge is 2.60. The summed E-state index contributed by atoms with van der Waals surface area (Å²) in [4.78, 5) is 12.3. The molecule has 8 atom stereocenters. The lowest BCUT2D eigenvalue weighted by molar-refractivity contribution is -0.155. The summed E-state index contributed by atoms with van der Waals surface area (Å²) in [5.74, 6) is 5.33. The van der Waals surface area contributed by atoms with E-state index in [-0.39, 0.29) is 11.6 Å². The van der Waals surface area contributed by atoms with Crippen molar-refractivity contribution in [2.24, 2.45) is 46.3 Å². The Morgan fingerprint density at radius 3 is 2.40 bits per heavy atom. The van der Waals surface area contributed by atoms with Gasteiger partial charge in [0.25, 0.3) is 0 Å². The van der Waals surface area contributed by atoms with Gasteiger partial charge in [-0.25, -0.2) is 0 Å². The van der Waals surface area contributed by atoms with Crippen LogP contribution in [0.4, 0.5) is 0 Å². The maximum absolute atomic E-state index is 12.3. The molecular formula is C28H48O2.